The number of aliphatic hydroxyl groups excluding tert-OH is 1. The Bertz CT molecular complexity index is 1260. The summed E-state index contributed by atoms with van der Waals surface area (Å²) in [6.07, 6.45) is 18.4. The van der Waals surface area contributed by atoms with E-state index in [2.05, 4.69) is 42.6 Å². The maximum absolute atomic E-state index is 12.9. The highest BCUT2D eigenvalue weighted by Crippen LogP contribution is 2.53. The number of ether oxygens (including phenoxy) is 3. The van der Waals surface area contributed by atoms with Crippen molar-refractivity contribution >= 4 is 18.0 Å². The van der Waals surface area contributed by atoms with Crippen LogP contribution in [0.2, 0.25) is 0 Å². The van der Waals surface area contributed by atoms with E-state index < -0.39 is 36.2 Å². The van der Waals surface area contributed by atoms with Gasteiger partial charge < -0.3 is 30.4 Å². The van der Waals surface area contributed by atoms with Gasteiger partial charge in [-0.05, 0) is 38.5 Å². The number of esters is 1. The quantitative estimate of drug-likeness (QED) is 0.268. The van der Waals surface area contributed by atoms with Gasteiger partial charge in [0.15, 0.2) is 0 Å². The lowest BCUT2D eigenvalue weighted by molar-refractivity contribution is -0.151. The van der Waals surface area contributed by atoms with E-state index in [1.807, 2.05) is 45.9 Å². The lowest BCUT2D eigenvalue weighted by Crippen LogP contribution is -2.50. The lowest BCUT2D eigenvalue weighted by atomic mass is 9.55. The first-order chi connectivity index (χ1) is 21.2. The van der Waals surface area contributed by atoms with Crippen molar-refractivity contribution in [1.82, 2.24) is 5.32 Å². The number of carbonyl (C=O) groups is 3. The van der Waals surface area contributed by atoms with Crippen molar-refractivity contribution in [2.24, 2.45) is 40.7 Å². The zero-order valence-corrected chi connectivity index (χ0v) is 27.9. The Balaban J connectivity index is 2.05. The third-order valence-electron chi connectivity index (χ3n) is 9.74. The summed E-state index contributed by atoms with van der Waals surface area (Å²) in [5, 5.41) is 13.8. The Labute approximate surface area is 268 Å². The third kappa shape index (κ3) is 9.30. The van der Waals surface area contributed by atoms with E-state index in [0.29, 0.717) is 6.42 Å². The van der Waals surface area contributed by atoms with Crippen LogP contribution in [0, 0.1) is 35.0 Å². The number of rotatable bonds is 6. The summed E-state index contributed by atoms with van der Waals surface area (Å²) in [4.78, 5) is 36.4. The molecule has 4 N–H and O–H groups in total. The molecule has 1 saturated carbocycles. The summed E-state index contributed by atoms with van der Waals surface area (Å²) < 4.78 is 17.3. The Morgan fingerprint density at radius 1 is 1.11 bits per heavy atom. The summed E-state index contributed by atoms with van der Waals surface area (Å²) in [6.45, 7) is 13.2. The minimum absolute atomic E-state index is 0.0165. The molecule has 2 aliphatic carbocycles. The molecule has 45 heavy (non-hydrogen) atoms. The van der Waals surface area contributed by atoms with Crippen LogP contribution in [0.1, 0.15) is 61.3 Å². The van der Waals surface area contributed by atoms with Crippen molar-refractivity contribution in [3.8, 4) is 0 Å². The van der Waals surface area contributed by atoms with Gasteiger partial charge in [-0.2, -0.15) is 0 Å². The fraction of sp³-hybridized carbons (Fsp3) is 0.583. The molecule has 0 radical (unpaired) electrons. The average molecular weight is 625 g/mol. The second-order valence-corrected chi connectivity index (χ2v) is 13.2. The maximum atomic E-state index is 12.9. The lowest BCUT2D eigenvalue weighted by Gasteiger charge is -2.51. The van der Waals surface area contributed by atoms with Crippen LogP contribution in [-0.4, -0.2) is 60.6 Å². The molecule has 9 heteroatoms. The van der Waals surface area contributed by atoms with Gasteiger partial charge >= 0.3 is 12.1 Å². The number of allylic oxidation sites excluding steroid dienone is 9. The van der Waals surface area contributed by atoms with Crippen LogP contribution in [-0.2, 0) is 23.8 Å². The molecule has 1 heterocycles. The SMILES string of the molecule is CO[C@@H]1C[C@H](OC(N)=O)[C@@H]2C=C[C@@H]3/C=C(C)\C=C/[C@@H](C)[C@H]([C@H](C)[C@H](O)[C@@H](C)NC(C)=O)OC(=O)\C=C/C=C(C)\C=C/[C@]3(C)[C@@H]2C1. The minimum Gasteiger partial charge on any atom is -0.458 e. The fourth-order valence-electron chi connectivity index (χ4n) is 7.10. The number of aliphatic hydroxyl groups is 1. The smallest absolute Gasteiger partial charge is 0.404 e. The number of carbonyl (C=O) groups excluding carboxylic acids is 3. The van der Waals surface area contributed by atoms with Gasteiger partial charge in [-0.3, -0.25) is 4.79 Å². The van der Waals surface area contributed by atoms with E-state index in [9.17, 15) is 19.5 Å². The number of fused-ring (bicyclic) bond motifs is 3. The van der Waals surface area contributed by atoms with Gasteiger partial charge in [-0.25, -0.2) is 9.59 Å². The first-order valence-corrected chi connectivity index (χ1v) is 15.9. The van der Waals surface area contributed by atoms with Crippen LogP contribution >= 0.6 is 0 Å². The highest BCUT2D eigenvalue weighted by Gasteiger charge is 2.50. The molecule has 2 amide bonds. The van der Waals surface area contributed by atoms with Crippen LogP contribution in [0.25, 0.3) is 0 Å². The molecule has 0 bridgehead atoms. The normalized spacial score (nSPS) is 38.7. The summed E-state index contributed by atoms with van der Waals surface area (Å²) in [6, 6.07) is -0.521. The second kappa shape index (κ2) is 15.7. The molecule has 0 unspecified atom stereocenters. The van der Waals surface area contributed by atoms with Crippen molar-refractivity contribution in [2.45, 2.75) is 91.8 Å². The second-order valence-electron chi connectivity index (χ2n) is 13.2. The van der Waals surface area contributed by atoms with E-state index in [1.165, 1.54) is 13.0 Å². The molecule has 1 fully saturated rings. The number of primary amides is 1. The summed E-state index contributed by atoms with van der Waals surface area (Å²) >= 11 is 0. The summed E-state index contributed by atoms with van der Waals surface area (Å²) in [5.74, 6) is -1.35. The van der Waals surface area contributed by atoms with E-state index >= 15 is 0 Å². The molecular formula is C36H52N2O7. The molecule has 0 aromatic rings. The number of methoxy groups -OCH3 is 1. The van der Waals surface area contributed by atoms with Crippen molar-refractivity contribution < 1.29 is 33.7 Å². The molecule has 3 aliphatic rings. The van der Waals surface area contributed by atoms with Crippen LogP contribution in [0.15, 0.2) is 71.9 Å². The molecule has 0 aromatic carbocycles. The summed E-state index contributed by atoms with van der Waals surface area (Å²) in [5.41, 5.74) is 7.09. The molecule has 3 rings (SSSR count). The number of hydrogen-bond donors (Lipinski definition) is 3. The monoisotopic (exact) mass is 624 g/mol. The Kier molecular flexibility index (Phi) is 12.6. The van der Waals surface area contributed by atoms with Crippen LogP contribution in [0.3, 0.4) is 0 Å². The number of nitrogens with two attached hydrogens (primary N) is 1. The van der Waals surface area contributed by atoms with Gasteiger partial charge in [0.25, 0.3) is 0 Å². The Morgan fingerprint density at radius 3 is 2.47 bits per heavy atom. The molecule has 248 valence electrons. The fourth-order valence-corrected chi connectivity index (χ4v) is 7.10. The number of amides is 2. The predicted molar refractivity (Wildman–Crippen MR) is 175 cm³/mol. The number of nitrogens with one attached hydrogen (secondary N) is 1. The highest BCUT2D eigenvalue weighted by molar-refractivity contribution is 5.82. The molecule has 11 atom stereocenters. The number of hydrogen-bond acceptors (Lipinski definition) is 7. The first-order valence-electron chi connectivity index (χ1n) is 15.9. The molecule has 9 nitrogen and oxygen atoms in total. The largest absolute Gasteiger partial charge is 0.458 e. The van der Waals surface area contributed by atoms with Crippen molar-refractivity contribution in [3.05, 3.63) is 71.9 Å². The molecule has 1 aliphatic heterocycles. The zero-order valence-electron chi connectivity index (χ0n) is 27.9. The maximum Gasteiger partial charge on any atom is 0.404 e. The average Bonchev–Trinajstić information content (AvgIpc) is 2.97. The van der Waals surface area contributed by atoms with E-state index in [-0.39, 0.29) is 47.2 Å². The van der Waals surface area contributed by atoms with Gasteiger partial charge in [0.05, 0.1) is 18.2 Å². The molecule has 0 aromatic heterocycles. The van der Waals surface area contributed by atoms with Crippen molar-refractivity contribution in [3.63, 3.8) is 0 Å². The van der Waals surface area contributed by atoms with E-state index in [4.69, 9.17) is 19.9 Å². The standard InChI is InChI=1S/C36H52N2O7/c1-21-10-9-11-32(40)45-34(24(4)33(41)25(5)38-26(6)39)23(3)13-12-22(2)18-27-14-15-29-30(36(27,7)17-16-21)19-28(43-8)20-31(29)44-35(37)42/h9-18,23-25,27-31,33-34,41H,19-20H2,1-8H3,(H2,37,42)(H,38,39)/b11-9-,13-12-,17-16-,21-10-,22-18-/t23-,24-,25-,27-,28+,29-,30-,31+,33+,34-,36+/m1/s1. The van der Waals surface area contributed by atoms with Crippen molar-refractivity contribution in [1.29, 1.82) is 0 Å². The van der Waals surface area contributed by atoms with Gasteiger partial charge in [0.1, 0.15) is 12.2 Å². The van der Waals surface area contributed by atoms with Gasteiger partial charge in [-0.1, -0.05) is 86.6 Å². The highest BCUT2D eigenvalue weighted by atomic mass is 16.6. The molecule has 0 spiro atoms. The van der Waals surface area contributed by atoms with Crippen LogP contribution in [0.4, 0.5) is 4.79 Å². The van der Waals surface area contributed by atoms with Gasteiger partial charge in [0, 0.05) is 50.2 Å². The minimum atomic E-state index is -0.934. The molecular weight excluding hydrogens is 572 g/mol. The predicted octanol–water partition coefficient (Wildman–Crippen LogP) is 5.33. The topological polar surface area (TPSA) is 137 Å². The van der Waals surface area contributed by atoms with Crippen LogP contribution in [0.5, 0.6) is 0 Å². The Morgan fingerprint density at radius 2 is 1.82 bits per heavy atom. The zero-order chi connectivity index (χ0) is 33.5. The summed E-state index contributed by atoms with van der Waals surface area (Å²) in [7, 11) is 1.69. The van der Waals surface area contributed by atoms with Crippen molar-refractivity contribution in [2.75, 3.05) is 7.11 Å². The van der Waals surface area contributed by atoms with E-state index in [0.717, 1.165) is 17.6 Å². The van der Waals surface area contributed by atoms with Crippen LogP contribution < -0.4 is 11.1 Å². The van der Waals surface area contributed by atoms with Gasteiger partial charge in [0.2, 0.25) is 5.91 Å². The number of cyclic esters (lactones) is 1. The van der Waals surface area contributed by atoms with E-state index in [1.54, 1.807) is 20.1 Å². The third-order valence-corrected chi connectivity index (χ3v) is 9.74. The Hall–Kier alpha value is -3.43. The first kappa shape index (κ1) is 36.0. The van der Waals surface area contributed by atoms with Gasteiger partial charge in [-0.15, -0.1) is 0 Å². The molecule has 0 saturated heterocycles.